The molecule has 0 bridgehead atoms. The maximum absolute atomic E-state index is 12.4. The van der Waals surface area contributed by atoms with E-state index < -0.39 is 26.5 Å². The van der Waals surface area contributed by atoms with Crippen molar-refractivity contribution in [1.29, 1.82) is 0 Å². The van der Waals surface area contributed by atoms with E-state index in [9.17, 15) is 22.0 Å². The van der Waals surface area contributed by atoms with Gasteiger partial charge in [-0.05, 0) is 18.2 Å². The third-order valence-electron chi connectivity index (χ3n) is 2.06. The summed E-state index contributed by atoms with van der Waals surface area (Å²) in [6.45, 7) is 3.62. The van der Waals surface area contributed by atoms with Gasteiger partial charge in [0.1, 0.15) is 0 Å². The summed E-state index contributed by atoms with van der Waals surface area (Å²) in [6, 6.07) is 4.06. The molecule has 8 heteroatoms. The van der Waals surface area contributed by atoms with E-state index in [2.05, 4.69) is 17.2 Å². The third kappa shape index (κ3) is 4.02. The first-order valence-corrected chi connectivity index (χ1v) is 6.70. The van der Waals surface area contributed by atoms with E-state index >= 15 is 0 Å². The number of anilines is 1. The molecule has 0 unspecified atom stereocenters. The van der Waals surface area contributed by atoms with Crippen molar-refractivity contribution < 1.29 is 22.0 Å². The van der Waals surface area contributed by atoms with E-state index in [1.54, 1.807) is 0 Å². The van der Waals surface area contributed by atoms with E-state index in [-0.39, 0.29) is 12.2 Å². The number of amides is 2. The Morgan fingerprint density at radius 2 is 2.11 bits per heavy atom. The SMILES string of the molecule is C=CCNC(=O)Nc1cccc(S(=O)(=O)C(F)F)c1. The summed E-state index contributed by atoms with van der Waals surface area (Å²) in [5.74, 6) is -3.50. The number of sulfone groups is 1. The number of nitrogens with one attached hydrogen (secondary N) is 2. The second kappa shape index (κ2) is 6.28. The third-order valence-corrected chi connectivity index (χ3v) is 3.44. The van der Waals surface area contributed by atoms with Gasteiger partial charge in [-0.3, -0.25) is 0 Å². The van der Waals surface area contributed by atoms with Crippen LogP contribution in [0.3, 0.4) is 0 Å². The number of alkyl halides is 2. The Kier molecular flexibility index (Phi) is 4.99. The molecule has 0 heterocycles. The van der Waals surface area contributed by atoms with Gasteiger partial charge in [-0.15, -0.1) is 6.58 Å². The first kappa shape index (κ1) is 15.1. The Labute approximate surface area is 109 Å². The lowest BCUT2D eigenvalue weighted by Gasteiger charge is -2.08. The molecule has 5 nitrogen and oxygen atoms in total. The lowest BCUT2D eigenvalue weighted by molar-refractivity contribution is 0.235. The van der Waals surface area contributed by atoms with Gasteiger partial charge in [0.2, 0.25) is 9.84 Å². The van der Waals surface area contributed by atoms with Crippen molar-refractivity contribution in [2.75, 3.05) is 11.9 Å². The molecule has 104 valence electrons. The zero-order valence-electron chi connectivity index (χ0n) is 9.77. The summed E-state index contributed by atoms with van der Waals surface area (Å²) >= 11 is 0. The minimum atomic E-state index is -4.67. The highest BCUT2D eigenvalue weighted by Gasteiger charge is 2.26. The maximum atomic E-state index is 12.4. The molecule has 0 fully saturated rings. The van der Waals surface area contributed by atoms with Gasteiger partial charge in [0, 0.05) is 12.2 Å². The molecule has 0 aliphatic rings. The number of carbonyl (C=O) groups is 1. The Morgan fingerprint density at radius 3 is 2.68 bits per heavy atom. The van der Waals surface area contributed by atoms with Crippen LogP contribution in [0.4, 0.5) is 19.3 Å². The molecule has 1 aromatic carbocycles. The predicted molar refractivity (Wildman–Crippen MR) is 66.9 cm³/mol. The summed E-state index contributed by atoms with van der Waals surface area (Å²) in [5, 5.41) is 4.72. The summed E-state index contributed by atoms with van der Waals surface area (Å²) in [6.07, 6.45) is 1.46. The predicted octanol–water partition coefficient (Wildman–Crippen LogP) is 1.99. The number of benzene rings is 1. The van der Waals surface area contributed by atoms with Crippen molar-refractivity contribution in [3.05, 3.63) is 36.9 Å². The first-order valence-electron chi connectivity index (χ1n) is 5.16. The second-order valence-corrected chi connectivity index (χ2v) is 5.37. The molecule has 0 aliphatic heterocycles. The highest BCUT2D eigenvalue weighted by atomic mass is 32.2. The molecule has 1 rings (SSSR count). The van der Waals surface area contributed by atoms with Crippen LogP contribution in [0.2, 0.25) is 0 Å². The van der Waals surface area contributed by atoms with E-state index in [0.29, 0.717) is 0 Å². The van der Waals surface area contributed by atoms with Crippen LogP contribution in [0.25, 0.3) is 0 Å². The number of urea groups is 1. The van der Waals surface area contributed by atoms with Crippen LogP contribution in [-0.4, -0.2) is 26.8 Å². The Hall–Kier alpha value is -1.96. The zero-order valence-corrected chi connectivity index (χ0v) is 10.6. The molecule has 0 aliphatic carbocycles. The van der Waals surface area contributed by atoms with Crippen molar-refractivity contribution in [1.82, 2.24) is 5.32 Å². The Balaban J connectivity index is 2.89. The fourth-order valence-electron chi connectivity index (χ4n) is 1.19. The van der Waals surface area contributed by atoms with Gasteiger partial charge in [0.05, 0.1) is 4.90 Å². The van der Waals surface area contributed by atoms with Crippen LogP contribution in [0.1, 0.15) is 0 Å². The molecule has 1 aromatic rings. The van der Waals surface area contributed by atoms with Crippen LogP contribution >= 0.6 is 0 Å². The van der Waals surface area contributed by atoms with Gasteiger partial charge in [0.25, 0.3) is 0 Å². The minimum Gasteiger partial charge on any atom is -0.334 e. The monoisotopic (exact) mass is 290 g/mol. The first-order chi connectivity index (χ1) is 8.87. The standard InChI is InChI=1S/C11H12F2N2O3S/c1-2-6-14-11(16)15-8-4-3-5-9(7-8)19(17,18)10(12)13/h2-5,7,10H,1,6H2,(H2,14,15,16). The van der Waals surface area contributed by atoms with Gasteiger partial charge >= 0.3 is 11.8 Å². The molecule has 0 atom stereocenters. The molecule has 2 amide bonds. The zero-order chi connectivity index (χ0) is 14.5. The molecule has 2 N–H and O–H groups in total. The van der Waals surface area contributed by atoms with E-state index in [1.807, 2.05) is 0 Å². The fraction of sp³-hybridized carbons (Fsp3) is 0.182. The van der Waals surface area contributed by atoms with Crippen LogP contribution in [0.5, 0.6) is 0 Å². The molecular weight excluding hydrogens is 278 g/mol. The van der Waals surface area contributed by atoms with Crippen LogP contribution < -0.4 is 10.6 Å². The van der Waals surface area contributed by atoms with Crippen molar-refractivity contribution >= 4 is 21.6 Å². The summed E-state index contributed by atoms with van der Waals surface area (Å²) < 4.78 is 47.2. The number of carbonyl (C=O) groups excluding carboxylic acids is 1. The molecule has 19 heavy (non-hydrogen) atoms. The van der Waals surface area contributed by atoms with Gasteiger partial charge in [-0.2, -0.15) is 8.78 Å². The molecule has 0 spiro atoms. The summed E-state index contributed by atoms with van der Waals surface area (Å²) in [5.41, 5.74) is 0.100. The lowest BCUT2D eigenvalue weighted by Crippen LogP contribution is -2.28. The minimum absolute atomic E-state index is 0.100. The lowest BCUT2D eigenvalue weighted by atomic mass is 10.3. The summed E-state index contributed by atoms with van der Waals surface area (Å²) in [4.78, 5) is 10.7. The summed E-state index contributed by atoms with van der Waals surface area (Å²) in [7, 11) is -4.67. The van der Waals surface area contributed by atoms with Crippen LogP contribution in [-0.2, 0) is 9.84 Å². The van der Waals surface area contributed by atoms with Crippen LogP contribution in [0, 0.1) is 0 Å². The molecular formula is C11H12F2N2O3S. The van der Waals surface area contributed by atoms with Gasteiger partial charge in [0.15, 0.2) is 0 Å². The van der Waals surface area contributed by atoms with Crippen molar-refractivity contribution in [2.45, 2.75) is 10.7 Å². The normalized spacial score (nSPS) is 11.1. The van der Waals surface area contributed by atoms with Gasteiger partial charge in [-0.25, -0.2) is 13.2 Å². The molecule has 0 saturated heterocycles. The quantitative estimate of drug-likeness (QED) is 0.814. The Bertz CT molecular complexity index is 573. The highest BCUT2D eigenvalue weighted by Crippen LogP contribution is 2.21. The number of rotatable bonds is 5. The number of hydrogen-bond donors (Lipinski definition) is 2. The molecule has 0 aromatic heterocycles. The van der Waals surface area contributed by atoms with E-state index in [0.717, 1.165) is 12.1 Å². The smallest absolute Gasteiger partial charge is 0.334 e. The second-order valence-electron chi connectivity index (χ2n) is 3.46. The largest absolute Gasteiger partial charge is 0.341 e. The topological polar surface area (TPSA) is 75.3 Å². The Morgan fingerprint density at radius 1 is 1.42 bits per heavy atom. The average molecular weight is 290 g/mol. The molecule has 0 radical (unpaired) electrons. The van der Waals surface area contributed by atoms with E-state index in [4.69, 9.17) is 0 Å². The van der Waals surface area contributed by atoms with Crippen LogP contribution in [0.15, 0.2) is 41.8 Å². The number of hydrogen-bond acceptors (Lipinski definition) is 3. The maximum Gasteiger partial charge on any atom is 0.341 e. The highest BCUT2D eigenvalue weighted by molar-refractivity contribution is 7.91. The van der Waals surface area contributed by atoms with E-state index in [1.165, 1.54) is 18.2 Å². The van der Waals surface area contributed by atoms with Crippen molar-refractivity contribution in [3.63, 3.8) is 0 Å². The van der Waals surface area contributed by atoms with Crippen molar-refractivity contribution in [3.8, 4) is 0 Å². The molecule has 0 saturated carbocycles. The van der Waals surface area contributed by atoms with Crippen molar-refractivity contribution in [2.24, 2.45) is 0 Å². The number of halogens is 2. The average Bonchev–Trinajstić information content (AvgIpc) is 2.36. The van der Waals surface area contributed by atoms with Gasteiger partial charge in [-0.1, -0.05) is 12.1 Å². The van der Waals surface area contributed by atoms with Gasteiger partial charge < -0.3 is 10.6 Å². The fourth-order valence-corrected chi connectivity index (χ4v) is 1.96.